The monoisotopic (exact) mass is 287 g/mol. The van der Waals surface area contributed by atoms with Crippen molar-refractivity contribution in [1.29, 1.82) is 0 Å². The van der Waals surface area contributed by atoms with Crippen molar-refractivity contribution < 1.29 is 19.5 Å². The van der Waals surface area contributed by atoms with Crippen LogP contribution in [0.1, 0.15) is 33.1 Å². The van der Waals surface area contributed by atoms with Crippen LogP contribution >= 0.6 is 0 Å². The summed E-state index contributed by atoms with van der Waals surface area (Å²) in [5, 5.41) is 13.3. The number of urea groups is 1. The first kappa shape index (κ1) is 18.4. The standard InChI is InChI=1S/C13H25N3O4/c1-10(2)6-7-14-13(20)15-11(17)9-16(3)8-4-5-12(18)19/h10H,4-9H2,1-3H3,(H,18,19)(H2,14,15,17,20). The smallest absolute Gasteiger partial charge is 0.321 e. The molecule has 7 nitrogen and oxygen atoms in total. The van der Waals surface area contributed by atoms with Crippen LogP contribution in [0.2, 0.25) is 0 Å². The van der Waals surface area contributed by atoms with E-state index in [1.54, 1.807) is 11.9 Å². The first-order chi connectivity index (χ1) is 9.31. The zero-order valence-corrected chi connectivity index (χ0v) is 12.4. The van der Waals surface area contributed by atoms with Crippen LogP contribution in [0, 0.1) is 5.92 Å². The first-order valence-corrected chi connectivity index (χ1v) is 6.79. The zero-order valence-electron chi connectivity index (χ0n) is 12.4. The predicted octanol–water partition coefficient (Wildman–Crippen LogP) is 0.655. The van der Waals surface area contributed by atoms with Crippen molar-refractivity contribution in [2.45, 2.75) is 33.1 Å². The van der Waals surface area contributed by atoms with Crippen molar-refractivity contribution in [3.63, 3.8) is 0 Å². The molecule has 0 radical (unpaired) electrons. The van der Waals surface area contributed by atoms with Gasteiger partial charge < -0.3 is 10.4 Å². The van der Waals surface area contributed by atoms with Gasteiger partial charge in [0.2, 0.25) is 5.91 Å². The number of hydrogen-bond acceptors (Lipinski definition) is 4. The minimum absolute atomic E-state index is 0.0667. The first-order valence-electron chi connectivity index (χ1n) is 6.79. The molecule has 0 fully saturated rings. The van der Waals surface area contributed by atoms with Gasteiger partial charge in [0.1, 0.15) is 0 Å². The van der Waals surface area contributed by atoms with Crippen LogP contribution in [0.25, 0.3) is 0 Å². The van der Waals surface area contributed by atoms with Crippen LogP contribution < -0.4 is 10.6 Å². The van der Waals surface area contributed by atoms with Gasteiger partial charge in [0.05, 0.1) is 6.54 Å². The molecule has 116 valence electrons. The van der Waals surface area contributed by atoms with Crippen LogP contribution in [0.4, 0.5) is 4.79 Å². The van der Waals surface area contributed by atoms with Crippen molar-refractivity contribution >= 4 is 17.9 Å². The molecule has 0 aliphatic heterocycles. The number of carboxylic acids is 1. The molecule has 0 spiro atoms. The van der Waals surface area contributed by atoms with E-state index in [4.69, 9.17) is 5.11 Å². The summed E-state index contributed by atoms with van der Waals surface area (Å²) in [6.45, 7) is 5.20. The molecule has 20 heavy (non-hydrogen) atoms. The average molecular weight is 287 g/mol. The third kappa shape index (κ3) is 11.5. The van der Waals surface area contributed by atoms with Crippen LogP contribution in [-0.2, 0) is 9.59 Å². The van der Waals surface area contributed by atoms with Gasteiger partial charge in [-0.2, -0.15) is 0 Å². The molecule has 7 heteroatoms. The second kappa shape index (κ2) is 10.2. The van der Waals surface area contributed by atoms with E-state index in [2.05, 4.69) is 24.5 Å². The van der Waals surface area contributed by atoms with Gasteiger partial charge in [-0.25, -0.2) is 4.79 Å². The Balaban J connectivity index is 3.75. The number of aliphatic carboxylic acids is 1. The van der Waals surface area contributed by atoms with E-state index in [1.807, 2.05) is 0 Å². The highest BCUT2D eigenvalue weighted by atomic mass is 16.4. The highest BCUT2D eigenvalue weighted by Crippen LogP contribution is 1.96. The molecule has 0 aromatic heterocycles. The molecule has 3 amide bonds. The van der Waals surface area contributed by atoms with Gasteiger partial charge in [-0.15, -0.1) is 0 Å². The zero-order chi connectivity index (χ0) is 15.5. The molecule has 0 atom stereocenters. The van der Waals surface area contributed by atoms with Gasteiger partial charge in [-0.3, -0.25) is 19.8 Å². The molecule has 0 unspecified atom stereocenters. The molecule has 0 aliphatic rings. The van der Waals surface area contributed by atoms with Crippen molar-refractivity contribution in [2.75, 3.05) is 26.7 Å². The number of imide groups is 1. The summed E-state index contributed by atoms with van der Waals surface area (Å²) in [7, 11) is 1.71. The Labute approximate surface area is 119 Å². The highest BCUT2D eigenvalue weighted by Gasteiger charge is 2.10. The number of carbonyl (C=O) groups is 3. The molecule has 0 saturated heterocycles. The average Bonchev–Trinajstić information content (AvgIpc) is 2.26. The van der Waals surface area contributed by atoms with Crippen LogP contribution in [0.3, 0.4) is 0 Å². The van der Waals surface area contributed by atoms with Crippen LogP contribution in [-0.4, -0.2) is 54.6 Å². The maximum Gasteiger partial charge on any atom is 0.321 e. The quantitative estimate of drug-likeness (QED) is 0.578. The summed E-state index contributed by atoms with van der Waals surface area (Å²) in [6, 6.07) is -0.491. The third-order valence-electron chi connectivity index (χ3n) is 2.60. The Morgan fingerprint density at radius 1 is 1.25 bits per heavy atom. The maximum absolute atomic E-state index is 11.5. The number of nitrogens with one attached hydrogen (secondary N) is 2. The van der Waals surface area contributed by atoms with E-state index in [1.165, 1.54) is 0 Å². The van der Waals surface area contributed by atoms with E-state index >= 15 is 0 Å². The number of carbonyl (C=O) groups excluding carboxylic acids is 2. The molecule has 0 aromatic rings. The third-order valence-corrected chi connectivity index (χ3v) is 2.60. The Morgan fingerprint density at radius 3 is 2.45 bits per heavy atom. The van der Waals surface area contributed by atoms with E-state index < -0.39 is 17.9 Å². The summed E-state index contributed by atoms with van der Waals surface area (Å²) >= 11 is 0. The van der Waals surface area contributed by atoms with E-state index in [-0.39, 0.29) is 13.0 Å². The maximum atomic E-state index is 11.5. The molecule has 3 N–H and O–H groups in total. The number of likely N-dealkylation sites (N-methyl/N-ethyl adjacent to an activating group) is 1. The number of rotatable bonds is 9. The minimum atomic E-state index is -0.854. The molecule has 0 bridgehead atoms. The molecule has 0 heterocycles. The lowest BCUT2D eigenvalue weighted by molar-refractivity contribution is -0.137. The largest absolute Gasteiger partial charge is 0.481 e. The number of carboxylic acid groups (broad SMARTS) is 1. The molecule has 0 aliphatic carbocycles. The topological polar surface area (TPSA) is 98.7 Å². The van der Waals surface area contributed by atoms with E-state index in [9.17, 15) is 14.4 Å². The molecule has 0 saturated carbocycles. The number of amides is 3. The van der Waals surface area contributed by atoms with Gasteiger partial charge in [0.25, 0.3) is 0 Å². The molecule has 0 aromatic carbocycles. The Kier molecular flexibility index (Phi) is 9.36. The summed E-state index contributed by atoms with van der Waals surface area (Å²) in [6.07, 6.45) is 1.40. The van der Waals surface area contributed by atoms with Crippen molar-refractivity contribution in [1.82, 2.24) is 15.5 Å². The van der Waals surface area contributed by atoms with Crippen LogP contribution in [0.5, 0.6) is 0 Å². The minimum Gasteiger partial charge on any atom is -0.481 e. The van der Waals surface area contributed by atoms with Crippen molar-refractivity contribution in [2.24, 2.45) is 5.92 Å². The SMILES string of the molecule is CC(C)CCNC(=O)NC(=O)CN(C)CCCC(=O)O. The fraction of sp³-hybridized carbons (Fsp3) is 0.769. The van der Waals surface area contributed by atoms with Gasteiger partial charge >= 0.3 is 12.0 Å². The van der Waals surface area contributed by atoms with E-state index in [0.717, 1.165) is 6.42 Å². The Hall–Kier alpha value is -1.63. The van der Waals surface area contributed by atoms with E-state index in [0.29, 0.717) is 25.4 Å². The summed E-state index contributed by atoms with van der Waals surface area (Å²) in [4.78, 5) is 34.9. The van der Waals surface area contributed by atoms with Crippen molar-refractivity contribution in [3.05, 3.63) is 0 Å². The predicted molar refractivity (Wildman–Crippen MR) is 75.4 cm³/mol. The molecule has 0 rings (SSSR count). The summed E-state index contributed by atoms with van der Waals surface area (Å²) in [5.74, 6) is -0.761. The second-order valence-electron chi connectivity index (χ2n) is 5.22. The summed E-state index contributed by atoms with van der Waals surface area (Å²) in [5.41, 5.74) is 0. The lowest BCUT2D eigenvalue weighted by Gasteiger charge is -2.15. The van der Waals surface area contributed by atoms with Crippen molar-refractivity contribution in [3.8, 4) is 0 Å². The summed E-state index contributed by atoms with van der Waals surface area (Å²) < 4.78 is 0. The lowest BCUT2D eigenvalue weighted by Crippen LogP contribution is -2.44. The Bertz CT molecular complexity index is 332. The number of hydrogen-bond donors (Lipinski definition) is 3. The molecular weight excluding hydrogens is 262 g/mol. The van der Waals surface area contributed by atoms with Gasteiger partial charge in [0, 0.05) is 13.0 Å². The number of nitrogens with zero attached hydrogens (tertiary/aromatic N) is 1. The fourth-order valence-corrected chi connectivity index (χ4v) is 1.51. The van der Waals surface area contributed by atoms with Crippen LogP contribution in [0.15, 0.2) is 0 Å². The second-order valence-corrected chi connectivity index (χ2v) is 5.22. The van der Waals surface area contributed by atoms with Gasteiger partial charge in [-0.1, -0.05) is 13.8 Å². The van der Waals surface area contributed by atoms with Gasteiger partial charge in [-0.05, 0) is 32.4 Å². The highest BCUT2D eigenvalue weighted by molar-refractivity contribution is 5.95. The Morgan fingerprint density at radius 2 is 1.90 bits per heavy atom. The van der Waals surface area contributed by atoms with Gasteiger partial charge in [0.15, 0.2) is 0 Å². The normalized spacial score (nSPS) is 10.7. The lowest BCUT2D eigenvalue weighted by atomic mass is 10.1. The molecular formula is C13H25N3O4. The fourth-order valence-electron chi connectivity index (χ4n) is 1.51.